The molecule has 0 aliphatic carbocycles. The molecule has 0 aliphatic heterocycles. The number of benzene rings is 2. The molecule has 4 rings (SSSR count). The van der Waals surface area contributed by atoms with E-state index in [0.29, 0.717) is 37.5 Å². The molecule has 0 unspecified atom stereocenters. The molecule has 0 atom stereocenters. The molecule has 150 valence electrons. The number of Topliss-reactive ketones (excluding diaryl/α,β-unsaturated/α-hetero) is 1. The molecule has 5 nitrogen and oxygen atoms in total. The van der Waals surface area contributed by atoms with Gasteiger partial charge in [-0.2, -0.15) is 0 Å². The van der Waals surface area contributed by atoms with Crippen molar-refractivity contribution in [2.45, 2.75) is 12.1 Å². The van der Waals surface area contributed by atoms with Gasteiger partial charge in [0.1, 0.15) is 5.82 Å². The highest BCUT2D eigenvalue weighted by molar-refractivity contribution is 7.99. The Balaban J connectivity index is 1.74. The first-order valence-corrected chi connectivity index (χ1v) is 10.7. The van der Waals surface area contributed by atoms with Crippen molar-refractivity contribution in [2.75, 3.05) is 5.75 Å². The van der Waals surface area contributed by atoms with Crippen LogP contribution in [0.15, 0.2) is 70.7 Å². The van der Waals surface area contributed by atoms with Crippen molar-refractivity contribution in [1.29, 1.82) is 0 Å². The third-order valence-corrected chi connectivity index (χ3v) is 6.12. The van der Waals surface area contributed by atoms with Crippen LogP contribution in [0.2, 0.25) is 10.0 Å². The van der Waals surface area contributed by atoms with Gasteiger partial charge in [-0.1, -0.05) is 53.2 Å². The fourth-order valence-electron chi connectivity index (χ4n) is 2.89. The highest BCUT2D eigenvalue weighted by Crippen LogP contribution is 2.25. The Kier molecular flexibility index (Phi) is 5.90. The van der Waals surface area contributed by atoms with Crippen LogP contribution in [0.4, 0.5) is 0 Å². The number of aryl methyl sites for hydroxylation is 1. The predicted molar refractivity (Wildman–Crippen MR) is 121 cm³/mol. The van der Waals surface area contributed by atoms with Crippen LogP contribution in [-0.4, -0.2) is 26.1 Å². The van der Waals surface area contributed by atoms with E-state index in [1.165, 1.54) is 22.4 Å². The molecule has 0 saturated carbocycles. The largest absolute Gasteiger partial charge is 0.293 e. The van der Waals surface area contributed by atoms with Crippen molar-refractivity contribution in [2.24, 2.45) is 0 Å². The maximum Gasteiger partial charge on any atom is 0.267 e. The normalized spacial score (nSPS) is 11.0. The second kappa shape index (κ2) is 8.60. The van der Waals surface area contributed by atoms with Gasteiger partial charge >= 0.3 is 0 Å². The van der Waals surface area contributed by atoms with E-state index in [9.17, 15) is 9.59 Å². The van der Waals surface area contributed by atoms with Crippen LogP contribution in [0, 0.1) is 6.92 Å². The fraction of sp³-hybridized carbons (Fsp3) is 0.0909. The number of carbonyl (C=O) groups excluding carboxylic acids is 1. The number of nitrogens with zero attached hydrogens (tertiary/aromatic N) is 3. The summed E-state index contributed by atoms with van der Waals surface area (Å²) in [5.74, 6) is 0.381. The summed E-state index contributed by atoms with van der Waals surface area (Å²) in [6, 6.07) is 15.5. The van der Waals surface area contributed by atoms with Gasteiger partial charge in [0.05, 0.1) is 26.7 Å². The lowest BCUT2D eigenvalue weighted by Gasteiger charge is -2.12. The van der Waals surface area contributed by atoms with E-state index in [0.717, 1.165) is 5.56 Å². The summed E-state index contributed by atoms with van der Waals surface area (Å²) in [5.41, 5.74) is 1.75. The fourth-order valence-corrected chi connectivity index (χ4v) is 4.08. The smallest absolute Gasteiger partial charge is 0.267 e. The number of pyridine rings is 1. The summed E-state index contributed by atoms with van der Waals surface area (Å²) in [7, 11) is 0. The Hall–Kier alpha value is -2.67. The van der Waals surface area contributed by atoms with E-state index >= 15 is 0 Å². The van der Waals surface area contributed by atoms with Crippen molar-refractivity contribution in [3.05, 3.63) is 92.3 Å². The molecule has 0 fully saturated rings. The van der Waals surface area contributed by atoms with Crippen LogP contribution in [0.25, 0.3) is 16.7 Å². The molecule has 0 amide bonds. The van der Waals surface area contributed by atoms with E-state index in [2.05, 4.69) is 9.97 Å². The molecule has 0 radical (unpaired) electrons. The van der Waals surface area contributed by atoms with Gasteiger partial charge < -0.3 is 0 Å². The van der Waals surface area contributed by atoms with E-state index in [1.54, 1.807) is 42.6 Å². The molecule has 2 heterocycles. The Morgan fingerprint density at radius 3 is 2.60 bits per heavy atom. The molecule has 0 aliphatic rings. The summed E-state index contributed by atoms with van der Waals surface area (Å²) in [6.45, 7) is 1.92. The number of fused-ring (bicyclic) bond motifs is 1. The molecule has 2 aromatic heterocycles. The first-order chi connectivity index (χ1) is 14.4. The molecular weight excluding hydrogens is 441 g/mol. The molecule has 0 spiro atoms. The minimum Gasteiger partial charge on any atom is -0.293 e. The third-order valence-electron chi connectivity index (χ3n) is 4.44. The van der Waals surface area contributed by atoms with Crippen molar-refractivity contribution in [3.8, 4) is 5.82 Å². The Labute approximate surface area is 186 Å². The summed E-state index contributed by atoms with van der Waals surface area (Å²) in [4.78, 5) is 34.8. The number of para-hydroxylation sites is 1. The summed E-state index contributed by atoms with van der Waals surface area (Å²) in [6.07, 6.45) is 1.69. The monoisotopic (exact) mass is 455 g/mol. The zero-order chi connectivity index (χ0) is 21.3. The lowest BCUT2D eigenvalue weighted by atomic mass is 10.1. The number of aromatic nitrogens is 3. The number of halogens is 2. The number of hydrogen-bond donors (Lipinski definition) is 0. The molecular formula is C22H15Cl2N3O2S. The maximum atomic E-state index is 13.2. The van der Waals surface area contributed by atoms with Crippen molar-refractivity contribution in [1.82, 2.24) is 14.5 Å². The highest BCUT2D eigenvalue weighted by Gasteiger charge is 2.16. The standard InChI is InChI=1S/C22H15Cl2N3O2S/c1-13-6-9-20(25-11-13)27-21(29)15-4-2-3-5-18(15)26-22(27)30-12-19(28)14-7-8-16(23)17(24)10-14/h2-11H,12H2,1H3. The van der Waals surface area contributed by atoms with E-state index in [4.69, 9.17) is 23.2 Å². The van der Waals surface area contributed by atoms with Crippen LogP contribution >= 0.6 is 35.0 Å². The van der Waals surface area contributed by atoms with Gasteiger partial charge in [0, 0.05) is 11.8 Å². The minimum atomic E-state index is -0.235. The van der Waals surface area contributed by atoms with Gasteiger partial charge in [-0.05, 0) is 48.9 Å². The number of ketones is 1. The van der Waals surface area contributed by atoms with Crippen LogP contribution < -0.4 is 5.56 Å². The van der Waals surface area contributed by atoms with E-state index in [-0.39, 0.29) is 17.1 Å². The molecule has 0 saturated heterocycles. The molecule has 2 aromatic carbocycles. The summed E-state index contributed by atoms with van der Waals surface area (Å²) < 4.78 is 1.44. The van der Waals surface area contributed by atoms with Crippen LogP contribution in [0.5, 0.6) is 0 Å². The number of hydrogen-bond acceptors (Lipinski definition) is 5. The van der Waals surface area contributed by atoms with Gasteiger partial charge in [0.15, 0.2) is 10.9 Å². The summed E-state index contributed by atoms with van der Waals surface area (Å²) >= 11 is 13.1. The Morgan fingerprint density at radius 2 is 1.87 bits per heavy atom. The average molecular weight is 456 g/mol. The number of thioether (sulfide) groups is 1. The van der Waals surface area contributed by atoms with Crippen LogP contribution in [0.3, 0.4) is 0 Å². The summed E-state index contributed by atoms with van der Waals surface area (Å²) in [5, 5.41) is 1.58. The predicted octanol–water partition coefficient (Wildman–Crippen LogP) is 5.37. The maximum absolute atomic E-state index is 13.2. The highest BCUT2D eigenvalue weighted by atomic mass is 35.5. The Bertz CT molecular complexity index is 1320. The van der Waals surface area contributed by atoms with Gasteiger partial charge in [-0.25, -0.2) is 14.5 Å². The average Bonchev–Trinajstić information content (AvgIpc) is 2.75. The van der Waals surface area contributed by atoms with Gasteiger partial charge in [0.25, 0.3) is 5.56 Å². The zero-order valence-corrected chi connectivity index (χ0v) is 18.1. The molecule has 4 aromatic rings. The lowest BCUT2D eigenvalue weighted by Crippen LogP contribution is -2.23. The molecule has 8 heteroatoms. The van der Waals surface area contributed by atoms with Crippen molar-refractivity contribution in [3.63, 3.8) is 0 Å². The topological polar surface area (TPSA) is 64.8 Å². The lowest BCUT2D eigenvalue weighted by molar-refractivity contribution is 0.102. The van der Waals surface area contributed by atoms with Gasteiger partial charge in [-0.15, -0.1) is 0 Å². The number of rotatable bonds is 5. The van der Waals surface area contributed by atoms with E-state index < -0.39 is 0 Å². The minimum absolute atomic E-state index is 0.0780. The molecule has 0 N–H and O–H groups in total. The van der Waals surface area contributed by atoms with Crippen molar-refractivity contribution < 1.29 is 4.79 Å². The molecule has 0 bridgehead atoms. The van der Waals surface area contributed by atoms with Crippen LogP contribution in [-0.2, 0) is 0 Å². The van der Waals surface area contributed by atoms with Gasteiger partial charge in [-0.3, -0.25) is 9.59 Å². The zero-order valence-electron chi connectivity index (χ0n) is 15.8. The molecule has 30 heavy (non-hydrogen) atoms. The quantitative estimate of drug-likeness (QED) is 0.230. The van der Waals surface area contributed by atoms with Crippen LogP contribution in [0.1, 0.15) is 15.9 Å². The number of carbonyl (C=O) groups is 1. The SMILES string of the molecule is Cc1ccc(-n2c(SCC(=O)c3ccc(Cl)c(Cl)c3)nc3ccccc3c2=O)nc1. The first kappa shape index (κ1) is 20.6. The Morgan fingerprint density at radius 1 is 1.07 bits per heavy atom. The van der Waals surface area contributed by atoms with Crippen molar-refractivity contribution >= 4 is 51.6 Å². The second-order valence-corrected chi connectivity index (χ2v) is 8.34. The third kappa shape index (κ3) is 4.12. The van der Waals surface area contributed by atoms with Gasteiger partial charge in [0.2, 0.25) is 0 Å². The van der Waals surface area contributed by atoms with E-state index in [1.807, 2.05) is 19.1 Å². The second-order valence-electron chi connectivity index (χ2n) is 6.59. The first-order valence-electron chi connectivity index (χ1n) is 9.00.